The first kappa shape index (κ1) is 11.7. The minimum atomic E-state index is -0.491. The van der Waals surface area contributed by atoms with Crippen molar-refractivity contribution in [2.24, 2.45) is 11.7 Å². The van der Waals surface area contributed by atoms with E-state index in [1.54, 1.807) is 6.07 Å². The van der Waals surface area contributed by atoms with E-state index in [1.165, 1.54) is 11.1 Å². The lowest BCUT2D eigenvalue weighted by molar-refractivity contribution is -0.123. The van der Waals surface area contributed by atoms with Gasteiger partial charge in [-0.1, -0.05) is 11.6 Å². The quantitative estimate of drug-likeness (QED) is 0.784. The van der Waals surface area contributed by atoms with Gasteiger partial charge >= 0.3 is 0 Å². The highest BCUT2D eigenvalue weighted by atomic mass is 35.5. The second-order valence-electron chi connectivity index (χ2n) is 3.87. The van der Waals surface area contributed by atoms with Gasteiger partial charge in [-0.3, -0.25) is 9.59 Å². The van der Waals surface area contributed by atoms with Crippen molar-refractivity contribution >= 4 is 34.9 Å². The first-order valence-electron chi connectivity index (χ1n) is 4.99. The van der Waals surface area contributed by atoms with Gasteiger partial charge in [0.25, 0.3) is 0 Å². The molecule has 1 aromatic heterocycles. The van der Waals surface area contributed by atoms with Gasteiger partial charge in [0.05, 0.1) is 16.6 Å². The van der Waals surface area contributed by atoms with Crippen LogP contribution in [0.15, 0.2) is 12.3 Å². The molecule has 7 heteroatoms. The fourth-order valence-electron chi connectivity index (χ4n) is 1.79. The van der Waals surface area contributed by atoms with Gasteiger partial charge in [0.2, 0.25) is 11.8 Å². The molecule has 0 bridgehead atoms. The lowest BCUT2D eigenvalue weighted by Gasteiger charge is -2.17. The van der Waals surface area contributed by atoms with Crippen LogP contribution >= 0.6 is 11.6 Å². The molecule has 0 saturated carbocycles. The fraction of sp³-hybridized carbons (Fsp3) is 0.300. The minimum Gasteiger partial charge on any atom is -0.382 e. The van der Waals surface area contributed by atoms with Gasteiger partial charge in [-0.05, 0) is 6.07 Å². The molecule has 2 heterocycles. The van der Waals surface area contributed by atoms with Crippen LogP contribution in [0.5, 0.6) is 0 Å². The average Bonchev–Trinajstić information content (AvgIpc) is 2.64. The number of nitrogens with zero attached hydrogens (tertiary/aromatic N) is 2. The van der Waals surface area contributed by atoms with Gasteiger partial charge in [0.15, 0.2) is 0 Å². The Morgan fingerprint density at radius 2 is 2.29 bits per heavy atom. The largest absolute Gasteiger partial charge is 0.382 e. The van der Waals surface area contributed by atoms with E-state index in [0.29, 0.717) is 10.7 Å². The molecular weight excluding hydrogens is 244 g/mol. The molecule has 1 fully saturated rings. The van der Waals surface area contributed by atoms with Crippen LogP contribution in [0.2, 0.25) is 5.02 Å². The number of nitrogens with two attached hydrogens (primary N) is 2. The zero-order valence-corrected chi connectivity index (χ0v) is 9.65. The Morgan fingerprint density at radius 1 is 1.59 bits per heavy atom. The lowest BCUT2D eigenvalue weighted by atomic mass is 10.1. The molecule has 4 N–H and O–H groups in total. The van der Waals surface area contributed by atoms with Crippen LogP contribution in [0.3, 0.4) is 0 Å². The summed E-state index contributed by atoms with van der Waals surface area (Å²) in [6.45, 7) is 0.223. The minimum absolute atomic E-state index is 0.0985. The van der Waals surface area contributed by atoms with E-state index in [2.05, 4.69) is 4.98 Å². The van der Waals surface area contributed by atoms with Crippen molar-refractivity contribution in [3.63, 3.8) is 0 Å². The Kier molecular flexibility index (Phi) is 2.89. The summed E-state index contributed by atoms with van der Waals surface area (Å²) in [6.07, 6.45) is 1.49. The predicted molar refractivity (Wildman–Crippen MR) is 63.3 cm³/mol. The zero-order chi connectivity index (χ0) is 12.6. The summed E-state index contributed by atoms with van der Waals surface area (Å²) < 4.78 is 0. The number of amides is 2. The first-order valence-corrected chi connectivity index (χ1v) is 5.37. The molecule has 0 aliphatic carbocycles. The molecule has 6 nitrogen and oxygen atoms in total. The molecular formula is C10H11ClN4O2. The van der Waals surface area contributed by atoms with Crippen molar-refractivity contribution in [2.45, 2.75) is 6.42 Å². The lowest BCUT2D eigenvalue weighted by Crippen LogP contribution is -2.29. The van der Waals surface area contributed by atoms with Crippen LogP contribution in [0.4, 0.5) is 11.5 Å². The van der Waals surface area contributed by atoms with Crippen LogP contribution in [-0.4, -0.2) is 23.3 Å². The highest BCUT2D eigenvalue weighted by molar-refractivity contribution is 6.31. The summed E-state index contributed by atoms with van der Waals surface area (Å²) in [5, 5.41) is 0.379. The molecule has 1 aromatic rings. The molecule has 2 rings (SSSR count). The number of aromatic nitrogens is 1. The first-order chi connectivity index (χ1) is 7.99. The SMILES string of the molecule is NC(=O)C1CC(=O)N(c2cc(Cl)cnc2N)C1. The molecule has 0 radical (unpaired) electrons. The van der Waals surface area contributed by atoms with Crippen LogP contribution in [-0.2, 0) is 9.59 Å². The molecule has 1 aliphatic heterocycles. The van der Waals surface area contributed by atoms with Crippen LogP contribution in [0.1, 0.15) is 6.42 Å². The molecule has 0 aromatic carbocycles. The highest BCUT2D eigenvalue weighted by Gasteiger charge is 2.35. The summed E-state index contributed by atoms with van der Waals surface area (Å²) in [7, 11) is 0. The van der Waals surface area contributed by atoms with Gasteiger partial charge in [-0.2, -0.15) is 0 Å². The second-order valence-corrected chi connectivity index (χ2v) is 4.30. The topological polar surface area (TPSA) is 102 Å². The van der Waals surface area contributed by atoms with Crippen molar-refractivity contribution in [3.05, 3.63) is 17.3 Å². The average molecular weight is 255 g/mol. The van der Waals surface area contributed by atoms with Gasteiger partial charge in [-0.25, -0.2) is 4.98 Å². The van der Waals surface area contributed by atoms with Crippen LogP contribution in [0.25, 0.3) is 0 Å². The number of rotatable bonds is 2. The highest BCUT2D eigenvalue weighted by Crippen LogP contribution is 2.30. The number of primary amides is 1. The van der Waals surface area contributed by atoms with Crippen molar-refractivity contribution in [1.82, 2.24) is 4.98 Å². The fourth-order valence-corrected chi connectivity index (χ4v) is 1.94. The zero-order valence-electron chi connectivity index (χ0n) is 8.89. The maximum Gasteiger partial charge on any atom is 0.227 e. The van der Waals surface area contributed by atoms with Crippen LogP contribution in [0, 0.1) is 5.92 Å². The molecule has 17 heavy (non-hydrogen) atoms. The third-order valence-electron chi connectivity index (χ3n) is 2.68. The van der Waals surface area contributed by atoms with Crippen molar-refractivity contribution < 1.29 is 9.59 Å². The Hall–Kier alpha value is -1.82. The summed E-state index contributed by atoms with van der Waals surface area (Å²) in [6, 6.07) is 1.55. The van der Waals surface area contributed by atoms with E-state index >= 15 is 0 Å². The molecule has 1 aliphatic rings. The number of carbonyl (C=O) groups excluding carboxylic acids is 2. The van der Waals surface area contributed by atoms with E-state index in [0.717, 1.165) is 0 Å². The van der Waals surface area contributed by atoms with Gasteiger partial charge in [-0.15, -0.1) is 0 Å². The Balaban J connectivity index is 2.32. The summed E-state index contributed by atoms with van der Waals surface area (Å²) >= 11 is 5.79. The Bertz CT molecular complexity index is 491. The number of hydrogen-bond acceptors (Lipinski definition) is 4. The number of pyridine rings is 1. The van der Waals surface area contributed by atoms with Gasteiger partial charge in [0.1, 0.15) is 5.82 Å². The maximum atomic E-state index is 11.7. The van der Waals surface area contributed by atoms with E-state index < -0.39 is 11.8 Å². The maximum absolute atomic E-state index is 11.7. The second kappa shape index (κ2) is 4.21. The van der Waals surface area contributed by atoms with Crippen molar-refractivity contribution in [3.8, 4) is 0 Å². The monoisotopic (exact) mass is 254 g/mol. The summed E-state index contributed by atoms with van der Waals surface area (Å²) in [4.78, 5) is 28.0. The molecule has 2 amide bonds. The molecule has 1 atom stereocenters. The standard InChI is InChI=1S/C10H11ClN4O2/c11-6-2-7(9(12)14-3-6)15-4-5(10(13)17)1-8(15)16/h2-3,5H,1,4H2,(H2,12,14)(H2,13,17). The molecule has 90 valence electrons. The van der Waals surface area contributed by atoms with Gasteiger partial charge in [0, 0.05) is 19.2 Å². The molecule has 1 unspecified atom stereocenters. The number of halogens is 1. The molecule has 0 spiro atoms. The van der Waals surface area contributed by atoms with Gasteiger partial charge < -0.3 is 16.4 Å². The number of nitrogen functional groups attached to an aromatic ring is 1. The number of anilines is 2. The number of carbonyl (C=O) groups is 2. The van der Waals surface area contributed by atoms with E-state index in [-0.39, 0.29) is 24.7 Å². The number of hydrogen-bond donors (Lipinski definition) is 2. The van der Waals surface area contributed by atoms with Crippen molar-refractivity contribution in [1.29, 1.82) is 0 Å². The third-order valence-corrected chi connectivity index (χ3v) is 2.89. The Morgan fingerprint density at radius 3 is 2.88 bits per heavy atom. The van der Waals surface area contributed by atoms with E-state index in [4.69, 9.17) is 23.1 Å². The predicted octanol–water partition coefficient (Wildman–Crippen LogP) is 0.155. The normalized spacial score (nSPS) is 19.7. The summed E-state index contributed by atoms with van der Waals surface area (Å²) in [5.41, 5.74) is 11.3. The van der Waals surface area contributed by atoms with Crippen LogP contribution < -0.4 is 16.4 Å². The smallest absolute Gasteiger partial charge is 0.227 e. The van der Waals surface area contributed by atoms with Crippen molar-refractivity contribution in [2.75, 3.05) is 17.2 Å². The third kappa shape index (κ3) is 2.16. The van der Waals surface area contributed by atoms with E-state index in [9.17, 15) is 9.59 Å². The Labute approximate surface area is 103 Å². The van der Waals surface area contributed by atoms with E-state index in [1.807, 2.05) is 0 Å². The summed E-state index contributed by atoms with van der Waals surface area (Å²) in [5.74, 6) is -0.979. The molecule has 1 saturated heterocycles.